The van der Waals surface area contributed by atoms with E-state index in [1.54, 1.807) is 19.1 Å². The maximum absolute atomic E-state index is 11.8. The summed E-state index contributed by atoms with van der Waals surface area (Å²) in [6, 6.07) is 1.15. The van der Waals surface area contributed by atoms with Crippen molar-refractivity contribution in [3.8, 4) is 0 Å². The largest absolute Gasteiger partial charge is 0.480 e. The summed E-state index contributed by atoms with van der Waals surface area (Å²) in [6.45, 7) is 1.72. The molecule has 0 aliphatic rings. The Balaban J connectivity index is 2.86. The third kappa shape index (κ3) is 4.43. The van der Waals surface area contributed by atoms with Gasteiger partial charge in [-0.25, -0.2) is 17.9 Å². The maximum Gasteiger partial charge on any atom is 0.326 e. The van der Waals surface area contributed by atoms with Crippen LogP contribution in [0.3, 0.4) is 0 Å². The number of rotatable bonds is 7. The molecule has 0 aromatic carbocycles. The fourth-order valence-corrected chi connectivity index (χ4v) is 2.06. The van der Waals surface area contributed by atoms with Crippen LogP contribution in [0, 0.1) is 0 Å². The molecule has 1 rings (SSSR count). The van der Waals surface area contributed by atoms with E-state index in [4.69, 9.17) is 9.52 Å². The Morgan fingerprint density at radius 2 is 2.10 bits per heavy atom. The molecule has 0 fully saturated rings. The molecule has 0 saturated carbocycles. The molecule has 1 aromatic heterocycles. The molecule has 0 spiro atoms. The highest BCUT2D eigenvalue weighted by molar-refractivity contribution is 7.89. The normalized spacial score (nSPS) is 13.2. The van der Waals surface area contributed by atoms with Gasteiger partial charge in [0.15, 0.2) is 5.76 Å². The van der Waals surface area contributed by atoms with Crippen molar-refractivity contribution in [2.24, 2.45) is 0 Å². The first kappa shape index (κ1) is 16.9. The third-order valence-corrected chi connectivity index (χ3v) is 3.84. The highest BCUT2D eigenvalue weighted by Gasteiger charge is 2.23. The summed E-state index contributed by atoms with van der Waals surface area (Å²) in [5.74, 6) is -2.28. The number of allylic oxidation sites excluding steroid dienone is 1. The van der Waals surface area contributed by atoms with E-state index in [0.717, 1.165) is 12.1 Å². The summed E-state index contributed by atoms with van der Waals surface area (Å²) in [5, 5.41) is 10.8. The monoisotopic (exact) mass is 316 g/mol. The summed E-state index contributed by atoms with van der Waals surface area (Å²) < 4.78 is 29.9. The van der Waals surface area contributed by atoms with E-state index in [1.165, 1.54) is 7.05 Å². The highest BCUT2D eigenvalue weighted by Crippen LogP contribution is 2.13. The fraction of sp³-hybridized carbons (Fsp3) is 0.333. The molecule has 1 atom stereocenters. The van der Waals surface area contributed by atoms with Crippen molar-refractivity contribution >= 4 is 21.9 Å². The van der Waals surface area contributed by atoms with Gasteiger partial charge in [-0.05, 0) is 32.5 Å². The quantitative estimate of drug-likeness (QED) is 0.623. The van der Waals surface area contributed by atoms with E-state index in [0.29, 0.717) is 0 Å². The Hall–Kier alpha value is -2.13. The molecule has 0 aliphatic carbocycles. The van der Waals surface area contributed by atoms with E-state index in [9.17, 15) is 18.0 Å². The second-order valence-corrected chi connectivity index (χ2v) is 5.81. The number of furan rings is 1. The zero-order chi connectivity index (χ0) is 16.0. The summed E-state index contributed by atoms with van der Waals surface area (Å²) in [7, 11) is -2.59. The van der Waals surface area contributed by atoms with Gasteiger partial charge >= 0.3 is 5.97 Å². The zero-order valence-corrected chi connectivity index (χ0v) is 12.3. The van der Waals surface area contributed by atoms with Crippen molar-refractivity contribution in [2.45, 2.75) is 24.5 Å². The number of aliphatic carboxylic acids is 1. The van der Waals surface area contributed by atoms with Crippen LogP contribution in [0.15, 0.2) is 33.8 Å². The molecule has 0 aliphatic heterocycles. The fourth-order valence-electron chi connectivity index (χ4n) is 1.41. The summed E-state index contributed by atoms with van der Waals surface area (Å²) in [4.78, 5) is 22.8. The first-order valence-corrected chi connectivity index (χ1v) is 7.48. The number of carbonyl (C=O) groups excluding carboxylic acids is 1. The lowest BCUT2D eigenvalue weighted by Crippen LogP contribution is -2.40. The molecule has 9 heteroatoms. The van der Waals surface area contributed by atoms with Gasteiger partial charge in [0, 0.05) is 0 Å². The number of carbonyl (C=O) groups is 2. The smallest absolute Gasteiger partial charge is 0.326 e. The molecule has 0 saturated heterocycles. The van der Waals surface area contributed by atoms with Gasteiger partial charge in [-0.2, -0.15) is 0 Å². The number of sulfonamides is 1. The van der Waals surface area contributed by atoms with Crippen molar-refractivity contribution in [1.29, 1.82) is 0 Å². The van der Waals surface area contributed by atoms with Crippen LogP contribution in [0.25, 0.3) is 0 Å². The van der Waals surface area contributed by atoms with Crippen molar-refractivity contribution in [2.75, 3.05) is 7.05 Å². The Morgan fingerprint density at radius 1 is 1.43 bits per heavy atom. The molecule has 21 heavy (non-hydrogen) atoms. The minimum Gasteiger partial charge on any atom is -0.480 e. The number of hydrogen-bond acceptors (Lipinski definition) is 5. The van der Waals surface area contributed by atoms with Gasteiger partial charge in [0.1, 0.15) is 6.04 Å². The van der Waals surface area contributed by atoms with Crippen LogP contribution in [0.1, 0.15) is 23.9 Å². The minimum absolute atomic E-state index is 0.111. The summed E-state index contributed by atoms with van der Waals surface area (Å²) >= 11 is 0. The standard InChI is InChI=1S/C12H16N2O6S/c1-3-4-5-8(12(16)17)14-11(15)9-6-7-10(20-9)21(18,19)13-2/h3-4,6-8,13H,5H2,1-2H3,(H,14,15)(H,16,17)/b4-3+. The van der Waals surface area contributed by atoms with Crippen LogP contribution >= 0.6 is 0 Å². The Kier molecular flexibility index (Phi) is 5.68. The second-order valence-electron chi connectivity index (χ2n) is 4.00. The molecule has 0 radical (unpaired) electrons. The number of amides is 1. The topological polar surface area (TPSA) is 126 Å². The molecule has 3 N–H and O–H groups in total. The van der Waals surface area contributed by atoms with Gasteiger partial charge < -0.3 is 14.8 Å². The molecular weight excluding hydrogens is 300 g/mol. The van der Waals surface area contributed by atoms with Gasteiger partial charge in [0.25, 0.3) is 15.9 Å². The van der Waals surface area contributed by atoms with Crippen LogP contribution in [0.2, 0.25) is 0 Å². The number of hydrogen-bond donors (Lipinski definition) is 3. The molecule has 1 amide bonds. The number of nitrogens with one attached hydrogen (secondary N) is 2. The molecular formula is C12H16N2O6S. The zero-order valence-electron chi connectivity index (χ0n) is 11.5. The molecule has 8 nitrogen and oxygen atoms in total. The predicted octanol–water partition coefficient (Wildman–Crippen LogP) is 0.337. The van der Waals surface area contributed by atoms with Gasteiger partial charge in [-0.1, -0.05) is 12.2 Å². The van der Waals surface area contributed by atoms with Crippen LogP contribution in [-0.2, 0) is 14.8 Å². The molecule has 1 aromatic rings. The van der Waals surface area contributed by atoms with Gasteiger partial charge in [0.2, 0.25) is 5.09 Å². The second kappa shape index (κ2) is 7.04. The average molecular weight is 316 g/mol. The van der Waals surface area contributed by atoms with Crippen molar-refractivity contribution in [3.63, 3.8) is 0 Å². The van der Waals surface area contributed by atoms with Gasteiger partial charge in [-0.15, -0.1) is 0 Å². The van der Waals surface area contributed by atoms with E-state index in [2.05, 4.69) is 5.32 Å². The summed E-state index contributed by atoms with van der Waals surface area (Å²) in [6.07, 6.45) is 3.37. The molecule has 1 heterocycles. The molecule has 1 unspecified atom stereocenters. The lowest BCUT2D eigenvalue weighted by molar-refractivity contribution is -0.139. The Labute approximate surface area is 121 Å². The highest BCUT2D eigenvalue weighted by atomic mass is 32.2. The summed E-state index contributed by atoms with van der Waals surface area (Å²) in [5.41, 5.74) is 0. The lowest BCUT2D eigenvalue weighted by Gasteiger charge is -2.11. The number of carboxylic acids is 1. The maximum atomic E-state index is 11.8. The van der Waals surface area contributed by atoms with E-state index < -0.39 is 33.0 Å². The van der Waals surface area contributed by atoms with Crippen LogP contribution in [0.5, 0.6) is 0 Å². The van der Waals surface area contributed by atoms with Gasteiger partial charge in [0.05, 0.1) is 0 Å². The Bertz CT molecular complexity index is 646. The average Bonchev–Trinajstić information content (AvgIpc) is 2.93. The van der Waals surface area contributed by atoms with Crippen molar-refractivity contribution in [1.82, 2.24) is 10.0 Å². The van der Waals surface area contributed by atoms with E-state index in [-0.39, 0.29) is 12.2 Å². The van der Waals surface area contributed by atoms with Crippen LogP contribution in [-0.4, -0.2) is 38.5 Å². The predicted molar refractivity (Wildman–Crippen MR) is 73.3 cm³/mol. The van der Waals surface area contributed by atoms with E-state index in [1.807, 2.05) is 4.72 Å². The van der Waals surface area contributed by atoms with Gasteiger partial charge in [-0.3, -0.25) is 4.79 Å². The molecule has 116 valence electrons. The third-order valence-electron chi connectivity index (χ3n) is 2.55. The molecule has 0 bridgehead atoms. The lowest BCUT2D eigenvalue weighted by atomic mass is 10.2. The Morgan fingerprint density at radius 3 is 2.62 bits per heavy atom. The minimum atomic E-state index is -3.79. The van der Waals surface area contributed by atoms with Crippen LogP contribution < -0.4 is 10.0 Å². The van der Waals surface area contributed by atoms with Crippen LogP contribution in [0.4, 0.5) is 0 Å². The number of carboxylic acid groups (broad SMARTS) is 1. The van der Waals surface area contributed by atoms with Crippen molar-refractivity contribution in [3.05, 3.63) is 30.0 Å². The van der Waals surface area contributed by atoms with Crippen molar-refractivity contribution < 1.29 is 27.5 Å². The van der Waals surface area contributed by atoms with E-state index >= 15 is 0 Å². The SMILES string of the molecule is C/C=C/CC(NC(=O)c1ccc(S(=O)(=O)NC)o1)C(=O)O. The first-order chi connectivity index (χ1) is 9.81. The first-order valence-electron chi connectivity index (χ1n) is 6.00.